The first kappa shape index (κ1) is 18.1. The molecule has 0 atom stereocenters. The summed E-state index contributed by atoms with van der Waals surface area (Å²) < 4.78 is 10.1. The number of rotatable bonds is 4. The average molecular weight is 392 g/mol. The van der Waals surface area contributed by atoms with Gasteiger partial charge in [-0.15, -0.1) is 0 Å². The number of hydrogen-bond donors (Lipinski definition) is 0. The van der Waals surface area contributed by atoms with Gasteiger partial charge in [0.2, 0.25) is 0 Å². The van der Waals surface area contributed by atoms with Gasteiger partial charge in [-0.25, -0.2) is 0 Å². The van der Waals surface area contributed by atoms with Crippen LogP contribution in [0.15, 0.2) is 17.0 Å². The first-order valence-corrected chi connectivity index (χ1v) is 8.20. The third kappa shape index (κ3) is 3.98. The van der Waals surface area contributed by atoms with Crippen molar-refractivity contribution in [3.63, 3.8) is 0 Å². The number of nitrogens with zero attached hydrogens (tertiary/aromatic N) is 1. The molecule has 1 aliphatic heterocycles. The molecule has 0 saturated carbocycles. The van der Waals surface area contributed by atoms with Crippen LogP contribution in [0.5, 0.6) is 5.75 Å². The maximum absolute atomic E-state index is 12.4. The molecule has 0 bridgehead atoms. The number of esters is 1. The number of methoxy groups -OCH3 is 2. The van der Waals surface area contributed by atoms with Crippen LogP contribution in [-0.4, -0.2) is 41.9 Å². The summed E-state index contributed by atoms with van der Waals surface area (Å²) in [5, 5.41) is 0.739. The fourth-order valence-corrected chi connectivity index (χ4v) is 3.71. The zero-order valence-corrected chi connectivity index (χ0v) is 15.2. The van der Waals surface area contributed by atoms with E-state index in [2.05, 4.69) is 4.74 Å². The summed E-state index contributed by atoms with van der Waals surface area (Å²) >= 11 is 18.3. The molecule has 0 spiro atoms. The highest BCUT2D eigenvalue weighted by atomic mass is 35.5. The molecule has 0 N–H and O–H groups in total. The highest BCUT2D eigenvalue weighted by molar-refractivity contribution is 8.26. The molecule has 1 saturated heterocycles. The molecule has 1 aliphatic rings. The van der Waals surface area contributed by atoms with Crippen LogP contribution in [-0.2, 0) is 14.3 Å². The Labute approximate surface area is 152 Å². The first-order chi connectivity index (χ1) is 10.9. The largest absolute Gasteiger partial charge is 0.495 e. The molecule has 1 fully saturated rings. The molecular weight excluding hydrogens is 381 g/mol. The van der Waals surface area contributed by atoms with Crippen molar-refractivity contribution < 1.29 is 19.1 Å². The number of amides is 1. The Hall–Kier alpha value is -1.28. The van der Waals surface area contributed by atoms with E-state index >= 15 is 0 Å². The first-order valence-electron chi connectivity index (χ1n) is 6.22. The molecule has 1 aromatic rings. The summed E-state index contributed by atoms with van der Waals surface area (Å²) in [6.45, 7) is -0.230. The second-order valence-corrected chi connectivity index (χ2v) is 6.87. The van der Waals surface area contributed by atoms with Crippen molar-refractivity contribution in [1.82, 2.24) is 4.90 Å². The van der Waals surface area contributed by atoms with E-state index in [0.717, 1.165) is 11.8 Å². The zero-order valence-electron chi connectivity index (χ0n) is 12.1. The van der Waals surface area contributed by atoms with Crippen molar-refractivity contribution in [3.8, 4) is 5.75 Å². The Kier molecular flexibility index (Phi) is 5.91. The predicted octanol–water partition coefficient (Wildman–Crippen LogP) is 3.38. The van der Waals surface area contributed by atoms with Gasteiger partial charge in [0, 0.05) is 10.6 Å². The molecule has 0 radical (unpaired) electrons. The number of halogens is 2. The quantitative estimate of drug-likeness (QED) is 0.445. The third-order valence-corrected chi connectivity index (χ3v) is 4.79. The molecule has 1 amide bonds. The number of thioether (sulfide) groups is 1. The van der Waals surface area contributed by atoms with Crippen LogP contribution in [0, 0.1) is 0 Å². The standard InChI is InChI=1S/C14H11Cl2NO4S2/c1-20-11(18)6-17-13(19)10(23-14(17)22)4-7-3-8(15)5-9(16)12(7)21-2/h3-5H,6H2,1-2H3/b10-4-. The molecular formula is C14H11Cl2NO4S2. The van der Waals surface area contributed by atoms with Crippen LogP contribution in [0.4, 0.5) is 0 Å². The van der Waals surface area contributed by atoms with Gasteiger partial charge >= 0.3 is 5.97 Å². The molecule has 122 valence electrons. The van der Waals surface area contributed by atoms with E-state index in [1.54, 1.807) is 18.2 Å². The van der Waals surface area contributed by atoms with Gasteiger partial charge in [-0.05, 0) is 18.2 Å². The molecule has 2 rings (SSSR count). The summed E-state index contributed by atoms with van der Waals surface area (Å²) in [5.74, 6) is -0.538. The molecule has 0 unspecified atom stereocenters. The number of carbonyl (C=O) groups is 2. The number of thiocarbonyl (C=S) groups is 1. The Morgan fingerprint density at radius 3 is 2.70 bits per heavy atom. The van der Waals surface area contributed by atoms with E-state index in [1.807, 2.05) is 0 Å². The van der Waals surface area contributed by atoms with E-state index in [4.69, 9.17) is 40.2 Å². The highest BCUT2D eigenvalue weighted by Gasteiger charge is 2.33. The topological polar surface area (TPSA) is 55.8 Å². The van der Waals surface area contributed by atoms with Crippen molar-refractivity contribution in [2.24, 2.45) is 0 Å². The Morgan fingerprint density at radius 2 is 2.09 bits per heavy atom. The van der Waals surface area contributed by atoms with Crippen molar-refractivity contribution in [3.05, 3.63) is 32.6 Å². The molecule has 1 aromatic carbocycles. The lowest BCUT2D eigenvalue weighted by atomic mass is 10.2. The van der Waals surface area contributed by atoms with E-state index < -0.39 is 5.97 Å². The summed E-state index contributed by atoms with van der Waals surface area (Å²) in [6.07, 6.45) is 1.58. The van der Waals surface area contributed by atoms with E-state index in [-0.39, 0.29) is 16.8 Å². The normalized spacial score (nSPS) is 16.2. The molecule has 0 aliphatic carbocycles. The summed E-state index contributed by atoms with van der Waals surface area (Å²) in [6, 6.07) is 3.17. The van der Waals surface area contributed by atoms with E-state index in [9.17, 15) is 9.59 Å². The van der Waals surface area contributed by atoms with Gasteiger partial charge in [0.25, 0.3) is 5.91 Å². The molecule has 5 nitrogen and oxygen atoms in total. The third-order valence-electron chi connectivity index (χ3n) is 2.92. The van der Waals surface area contributed by atoms with Gasteiger partial charge in [-0.1, -0.05) is 47.2 Å². The minimum atomic E-state index is -0.550. The van der Waals surface area contributed by atoms with Crippen LogP contribution in [0.2, 0.25) is 10.0 Å². The number of hydrogen-bond acceptors (Lipinski definition) is 6. The highest BCUT2D eigenvalue weighted by Crippen LogP contribution is 2.37. The van der Waals surface area contributed by atoms with Gasteiger partial charge in [0.1, 0.15) is 16.6 Å². The molecule has 1 heterocycles. The SMILES string of the molecule is COC(=O)CN1C(=O)/C(=C/c2cc(Cl)cc(Cl)c2OC)SC1=S. The zero-order chi connectivity index (χ0) is 17.1. The van der Waals surface area contributed by atoms with Crippen molar-refractivity contribution in [2.45, 2.75) is 0 Å². The predicted molar refractivity (Wildman–Crippen MR) is 94.9 cm³/mol. The van der Waals surface area contributed by atoms with Crippen LogP contribution < -0.4 is 4.74 Å². The van der Waals surface area contributed by atoms with Crippen LogP contribution in [0.1, 0.15) is 5.56 Å². The lowest BCUT2D eigenvalue weighted by Crippen LogP contribution is -2.33. The van der Waals surface area contributed by atoms with Crippen molar-refractivity contribution >= 4 is 69.5 Å². The van der Waals surface area contributed by atoms with Crippen LogP contribution in [0.3, 0.4) is 0 Å². The molecule has 0 aromatic heterocycles. The number of carbonyl (C=O) groups excluding carboxylic acids is 2. The van der Waals surface area contributed by atoms with Gasteiger partial charge in [0.05, 0.1) is 24.1 Å². The van der Waals surface area contributed by atoms with E-state index in [1.165, 1.54) is 19.1 Å². The maximum Gasteiger partial charge on any atom is 0.325 e. The van der Waals surface area contributed by atoms with Crippen LogP contribution in [0.25, 0.3) is 6.08 Å². The van der Waals surface area contributed by atoms with Gasteiger partial charge in [-0.2, -0.15) is 0 Å². The molecule has 23 heavy (non-hydrogen) atoms. The number of ether oxygens (including phenoxy) is 2. The Balaban J connectivity index is 2.36. The average Bonchev–Trinajstić information content (AvgIpc) is 2.74. The Bertz CT molecular complexity index is 721. The Morgan fingerprint density at radius 1 is 1.39 bits per heavy atom. The van der Waals surface area contributed by atoms with Gasteiger partial charge < -0.3 is 9.47 Å². The molecule has 9 heteroatoms. The van der Waals surface area contributed by atoms with Crippen molar-refractivity contribution in [2.75, 3.05) is 20.8 Å². The fourth-order valence-electron chi connectivity index (χ4n) is 1.87. The summed E-state index contributed by atoms with van der Waals surface area (Å²) in [4.78, 5) is 25.3. The summed E-state index contributed by atoms with van der Waals surface area (Å²) in [5.41, 5.74) is 0.545. The number of benzene rings is 1. The lowest BCUT2D eigenvalue weighted by Gasteiger charge is -2.12. The van der Waals surface area contributed by atoms with E-state index in [0.29, 0.717) is 26.3 Å². The van der Waals surface area contributed by atoms with Gasteiger partial charge in [0.15, 0.2) is 0 Å². The monoisotopic (exact) mass is 391 g/mol. The second kappa shape index (κ2) is 7.53. The minimum Gasteiger partial charge on any atom is -0.495 e. The lowest BCUT2D eigenvalue weighted by molar-refractivity contribution is -0.143. The second-order valence-electron chi connectivity index (χ2n) is 4.35. The fraction of sp³-hybridized carbons (Fsp3) is 0.214. The van der Waals surface area contributed by atoms with Gasteiger partial charge in [-0.3, -0.25) is 14.5 Å². The smallest absolute Gasteiger partial charge is 0.325 e. The van der Waals surface area contributed by atoms with Crippen LogP contribution >= 0.6 is 47.2 Å². The minimum absolute atomic E-state index is 0.230. The summed E-state index contributed by atoms with van der Waals surface area (Å²) in [7, 11) is 2.71. The maximum atomic E-state index is 12.4. The van der Waals surface area contributed by atoms with Crippen molar-refractivity contribution in [1.29, 1.82) is 0 Å².